The summed E-state index contributed by atoms with van der Waals surface area (Å²) in [5.41, 5.74) is 0.309. The zero-order valence-corrected chi connectivity index (χ0v) is 14.2. The van der Waals surface area contributed by atoms with Crippen LogP contribution < -0.4 is 5.32 Å². The summed E-state index contributed by atoms with van der Waals surface area (Å²) in [4.78, 5) is 16.2. The Kier molecular flexibility index (Phi) is 4.68. The van der Waals surface area contributed by atoms with Crippen molar-refractivity contribution < 1.29 is 18.0 Å². The fourth-order valence-electron chi connectivity index (χ4n) is 2.00. The van der Waals surface area contributed by atoms with Crippen molar-refractivity contribution in [2.24, 2.45) is 0 Å². The van der Waals surface area contributed by atoms with Crippen LogP contribution in [0.1, 0.15) is 10.4 Å². The van der Waals surface area contributed by atoms with Crippen molar-refractivity contribution in [1.29, 1.82) is 0 Å². The minimum absolute atomic E-state index is 0.000231. The number of amides is 1. The summed E-state index contributed by atoms with van der Waals surface area (Å²) in [5.74, 6) is -2.32. The highest BCUT2D eigenvalue weighted by Crippen LogP contribution is 2.28. The van der Waals surface area contributed by atoms with Gasteiger partial charge in [0.25, 0.3) is 5.91 Å². The van der Waals surface area contributed by atoms with Crippen molar-refractivity contribution in [3.63, 3.8) is 0 Å². The minimum Gasteiger partial charge on any atom is -0.298 e. The normalized spacial score (nSPS) is 10.7. The van der Waals surface area contributed by atoms with Gasteiger partial charge in [-0.25, -0.2) is 18.2 Å². The number of anilines is 1. The second-order valence-corrected chi connectivity index (χ2v) is 6.55. The predicted molar refractivity (Wildman–Crippen MR) is 89.5 cm³/mol. The number of hydrogen-bond donors (Lipinski definition) is 1. The molecule has 1 aromatic heterocycles. The molecule has 3 rings (SSSR count). The monoisotopic (exact) mass is 412 g/mol. The quantitative estimate of drug-likeness (QED) is 0.638. The standard InChI is InChI=1S/C16H8BrF3N2OS/c17-9-3-8(4-11(19)5-9)15(23)22-16-21-14(7-24-16)12-6-10(18)1-2-13(12)20/h1-7H,(H,21,22,23). The molecule has 8 heteroatoms. The van der Waals surface area contributed by atoms with Gasteiger partial charge in [0.2, 0.25) is 0 Å². The number of nitrogens with zero attached hydrogens (tertiary/aromatic N) is 1. The lowest BCUT2D eigenvalue weighted by atomic mass is 10.1. The van der Waals surface area contributed by atoms with Gasteiger partial charge in [-0.05, 0) is 36.4 Å². The molecule has 0 aliphatic heterocycles. The fourth-order valence-corrected chi connectivity index (χ4v) is 3.17. The Labute approximate surface area is 147 Å². The molecule has 0 fully saturated rings. The minimum atomic E-state index is -0.617. The van der Waals surface area contributed by atoms with Gasteiger partial charge in [0.15, 0.2) is 5.13 Å². The Bertz CT molecular complexity index is 909. The Morgan fingerprint density at radius 3 is 2.62 bits per heavy atom. The summed E-state index contributed by atoms with van der Waals surface area (Å²) in [7, 11) is 0. The van der Waals surface area contributed by atoms with E-state index in [1.807, 2.05) is 0 Å². The third-order valence-electron chi connectivity index (χ3n) is 3.05. The van der Waals surface area contributed by atoms with E-state index in [9.17, 15) is 18.0 Å². The first-order valence-electron chi connectivity index (χ1n) is 6.61. The summed E-state index contributed by atoms with van der Waals surface area (Å²) in [6.07, 6.45) is 0. The molecule has 0 bridgehead atoms. The number of hydrogen-bond acceptors (Lipinski definition) is 3. The van der Waals surface area contributed by atoms with Crippen molar-refractivity contribution >= 4 is 38.3 Å². The van der Waals surface area contributed by atoms with Crippen LogP contribution in [0, 0.1) is 17.5 Å². The second-order valence-electron chi connectivity index (χ2n) is 4.77. The lowest BCUT2D eigenvalue weighted by Gasteiger charge is -2.03. The summed E-state index contributed by atoms with van der Waals surface area (Å²) in [6, 6.07) is 6.81. The summed E-state index contributed by atoms with van der Waals surface area (Å²) in [5, 5.41) is 4.19. The van der Waals surface area contributed by atoms with E-state index in [2.05, 4.69) is 26.2 Å². The highest BCUT2D eigenvalue weighted by atomic mass is 79.9. The number of thiazole rings is 1. The zero-order valence-electron chi connectivity index (χ0n) is 11.8. The van der Waals surface area contributed by atoms with E-state index in [4.69, 9.17) is 0 Å². The first kappa shape index (κ1) is 16.7. The molecule has 122 valence electrons. The molecule has 0 saturated carbocycles. The Morgan fingerprint density at radius 2 is 1.88 bits per heavy atom. The molecule has 3 aromatic rings. The smallest absolute Gasteiger partial charge is 0.257 e. The molecule has 24 heavy (non-hydrogen) atoms. The molecular formula is C16H8BrF3N2OS. The molecule has 0 aliphatic carbocycles. The molecule has 3 nitrogen and oxygen atoms in total. The topological polar surface area (TPSA) is 42.0 Å². The average Bonchev–Trinajstić information content (AvgIpc) is 2.97. The van der Waals surface area contributed by atoms with Gasteiger partial charge in [-0.1, -0.05) is 15.9 Å². The van der Waals surface area contributed by atoms with Crippen molar-refractivity contribution in [3.05, 3.63) is 69.3 Å². The maximum absolute atomic E-state index is 13.7. The first-order chi connectivity index (χ1) is 11.4. The van der Waals surface area contributed by atoms with Crippen LogP contribution >= 0.6 is 27.3 Å². The average molecular weight is 413 g/mol. The van der Waals surface area contributed by atoms with Crippen LogP contribution in [0.5, 0.6) is 0 Å². The van der Waals surface area contributed by atoms with Crippen LogP contribution in [0.2, 0.25) is 0 Å². The Balaban J connectivity index is 1.83. The summed E-state index contributed by atoms with van der Waals surface area (Å²) < 4.78 is 40.8. The predicted octanol–water partition coefficient (Wildman–Crippen LogP) is 5.24. The van der Waals surface area contributed by atoms with Gasteiger partial charge >= 0.3 is 0 Å². The van der Waals surface area contributed by atoms with Crippen molar-refractivity contribution in [1.82, 2.24) is 4.98 Å². The van der Waals surface area contributed by atoms with E-state index < -0.39 is 23.4 Å². The van der Waals surface area contributed by atoms with Crippen molar-refractivity contribution in [2.45, 2.75) is 0 Å². The fraction of sp³-hybridized carbons (Fsp3) is 0. The maximum atomic E-state index is 13.7. The van der Waals surface area contributed by atoms with Gasteiger partial charge in [-0.3, -0.25) is 10.1 Å². The van der Waals surface area contributed by atoms with Gasteiger partial charge in [0.1, 0.15) is 17.5 Å². The van der Waals surface area contributed by atoms with Crippen LogP contribution in [0.4, 0.5) is 18.3 Å². The van der Waals surface area contributed by atoms with Crippen LogP contribution in [0.3, 0.4) is 0 Å². The van der Waals surface area contributed by atoms with Gasteiger partial charge in [0.05, 0.1) is 5.69 Å². The van der Waals surface area contributed by atoms with Gasteiger partial charge in [0, 0.05) is 21.0 Å². The number of halogens is 4. The molecule has 0 aliphatic rings. The SMILES string of the molecule is O=C(Nc1nc(-c2cc(F)ccc2F)cs1)c1cc(F)cc(Br)c1. The Hall–Kier alpha value is -2.19. The van der Waals surface area contributed by atoms with Crippen LogP contribution in [0.25, 0.3) is 11.3 Å². The lowest BCUT2D eigenvalue weighted by Crippen LogP contribution is -2.12. The van der Waals surface area contributed by atoms with Crippen LogP contribution in [0.15, 0.2) is 46.3 Å². The second kappa shape index (κ2) is 6.74. The number of carbonyl (C=O) groups is 1. The number of carbonyl (C=O) groups excluding carboxylic acids is 1. The van der Waals surface area contributed by atoms with E-state index in [0.29, 0.717) is 4.47 Å². The molecule has 0 spiro atoms. The van der Waals surface area contributed by atoms with Crippen LogP contribution in [-0.4, -0.2) is 10.9 Å². The third-order valence-corrected chi connectivity index (χ3v) is 4.27. The summed E-state index contributed by atoms with van der Waals surface area (Å²) in [6.45, 7) is 0. The Morgan fingerprint density at radius 1 is 1.08 bits per heavy atom. The molecule has 0 atom stereocenters. The first-order valence-corrected chi connectivity index (χ1v) is 8.28. The van der Waals surface area contributed by atoms with E-state index in [0.717, 1.165) is 35.6 Å². The third kappa shape index (κ3) is 3.65. The molecule has 0 saturated heterocycles. The molecule has 0 radical (unpaired) electrons. The molecule has 1 amide bonds. The molecular weight excluding hydrogens is 405 g/mol. The molecule has 0 unspecified atom stereocenters. The number of rotatable bonds is 3. The lowest BCUT2D eigenvalue weighted by molar-refractivity contribution is 0.102. The zero-order chi connectivity index (χ0) is 17.3. The molecule has 2 aromatic carbocycles. The van der Waals surface area contributed by atoms with Crippen molar-refractivity contribution in [3.8, 4) is 11.3 Å². The highest BCUT2D eigenvalue weighted by molar-refractivity contribution is 9.10. The van der Waals surface area contributed by atoms with Crippen molar-refractivity contribution in [2.75, 3.05) is 5.32 Å². The largest absolute Gasteiger partial charge is 0.298 e. The van der Waals surface area contributed by atoms with Gasteiger partial charge < -0.3 is 0 Å². The van der Waals surface area contributed by atoms with E-state index in [-0.39, 0.29) is 22.0 Å². The molecule has 1 heterocycles. The maximum Gasteiger partial charge on any atom is 0.257 e. The molecule has 1 N–H and O–H groups in total. The number of nitrogens with one attached hydrogen (secondary N) is 1. The van der Waals surface area contributed by atoms with Crippen LogP contribution in [-0.2, 0) is 0 Å². The van der Waals surface area contributed by atoms with E-state index >= 15 is 0 Å². The van der Waals surface area contributed by atoms with E-state index in [1.54, 1.807) is 0 Å². The highest BCUT2D eigenvalue weighted by Gasteiger charge is 2.14. The van der Waals surface area contributed by atoms with E-state index in [1.165, 1.54) is 17.5 Å². The summed E-state index contributed by atoms with van der Waals surface area (Å²) >= 11 is 4.16. The number of aromatic nitrogens is 1. The van der Waals surface area contributed by atoms with Gasteiger partial charge in [-0.15, -0.1) is 11.3 Å². The number of benzene rings is 2. The van der Waals surface area contributed by atoms with Gasteiger partial charge in [-0.2, -0.15) is 0 Å².